The first kappa shape index (κ1) is 20.3. The molecular formula is C22H20O7. The standard InChI is InChI=1S/C22H20O7/c1-11-5-7-15(9-13(11)3)19(23)27-17-18(22(26)29-21(17)25)28-20(24)16-8-6-12(2)14(4)10-16/h5-10,17-18H,1-4H3/t17-,18-/m1/s1. The molecule has 0 bridgehead atoms. The van der Waals surface area contributed by atoms with Crippen LogP contribution in [0.5, 0.6) is 0 Å². The van der Waals surface area contributed by atoms with Gasteiger partial charge in [0.05, 0.1) is 11.1 Å². The Kier molecular flexibility index (Phi) is 5.50. The molecule has 1 heterocycles. The summed E-state index contributed by atoms with van der Waals surface area (Å²) in [4.78, 5) is 48.8. The van der Waals surface area contributed by atoms with Gasteiger partial charge < -0.3 is 14.2 Å². The van der Waals surface area contributed by atoms with Crippen molar-refractivity contribution >= 4 is 23.9 Å². The lowest BCUT2D eigenvalue weighted by molar-refractivity contribution is -0.155. The fraction of sp³-hybridized carbons (Fsp3) is 0.273. The highest BCUT2D eigenvalue weighted by molar-refractivity contribution is 6.03. The van der Waals surface area contributed by atoms with Gasteiger partial charge in [-0.2, -0.15) is 0 Å². The van der Waals surface area contributed by atoms with Gasteiger partial charge in [0, 0.05) is 0 Å². The van der Waals surface area contributed by atoms with Crippen molar-refractivity contribution < 1.29 is 33.4 Å². The second-order valence-electron chi connectivity index (χ2n) is 6.99. The molecule has 0 saturated carbocycles. The quantitative estimate of drug-likeness (QED) is 0.445. The Morgan fingerprint density at radius 3 is 1.41 bits per heavy atom. The molecule has 150 valence electrons. The summed E-state index contributed by atoms with van der Waals surface area (Å²) < 4.78 is 14.8. The van der Waals surface area contributed by atoms with Gasteiger partial charge in [0.2, 0.25) is 12.2 Å². The highest BCUT2D eigenvalue weighted by Gasteiger charge is 2.50. The summed E-state index contributed by atoms with van der Waals surface area (Å²) in [6.45, 7) is 7.43. The van der Waals surface area contributed by atoms with Crippen LogP contribution in [0.3, 0.4) is 0 Å². The topological polar surface area (TPSA) is 96.0 Å². The van der Waals surface area contributed by atoms with E-state index >= 15 is 0 Å². The van der Waals surface area contributed by atoms with Gasteiger partial charge in [0.15, 0.2) is 0 Å². The zero-order valence-electron chi connectivity index (χ0n) is 16.5. The molecule has 0 spiro atoms. The molecule has 0 aliphatic carbocycles. The Morgan fingerprint density at radius 1 is 0.690 bits per heavy atom. The van der Waals surface area contributed by atoms with Gasteiger partial charge in [-0.25, -0.2) is 19.2 Å². The van der Waals surface area contributed by atoms with Gasteiger partial charge in [-0.1, -0.05) is 12.1 Å². The van der Waals surface area contributed by atoms with Crippen LogP contribution in [0, 0.1) is 27.7 Å². The third kappa shape index (κ3) is 4.18. The number of aryl methyl sites for hydroxylation is 4. The van der Waals surface area contributed by atoms with Crippen molar-refractivity contribution in [2.45, 2.75) is 39.9 Å². The average Bonchev–Trinajstić information content (AvgIpc) is 2.92. The van der Waals surface area contributed by atoms with E-state index in [0.717, 1.165) is 22.3 Å². The van der Waals surface area contributed by atoms with E-state index in [1.807, 2.05) is 27.7 Å². The number of rotatable bonds is 4. The van der Waals surface area contributed by atoms with Crippen LogP contribution in [-0.4, -0.2) is 36.1 Å². The minimum Gasteiger partial charge on any atom is -0.442 e. The van der Waals surface area contributed by atoms with E-state index in [1.165, 1.54) is 0 Å². The second-order valence-corrected chi connectivity index (χ2v) is 6.99. The predicted octanol–water partition coefficient (Wildman–Crippen LogP) is 2.75. The lowest BCUT2D eigenvalue weighted by Crippen LogP contribution is -2.37. The molecule has 2 atom stereocenters. The fourth-order valence-corrected chi connectivity index (χ4v) is 2.79. The number of benzene rings is 2. The molecule has 0 radical (unpaired) electrons. The highest BCUT2D eigenvalue weighted by atomic mass is 16.7. The number of hydrogen-bond donors (Lipinski definition) is 0. The molecule has 2 aromatic carbocycles. The Labute approximate surface area is 167 Å². The molecule has 0 N–H and O–H groups in total. The predicted molar refractivity (Wildman–Crippen MR) is 101 cm³/mol. The van der Waals surface area contributed by atoms with E-state index in [2.05, 4.69) is 4.74 Å². The first-order chi connectivity index (χ1) is 13.7. The van der Waals surface area contributed by atoms with Crippen molar-refractivity contribution in [3.05, 3.63) is 69.8 Å². The molecule has 0 aromatic heterocycles. The van der Waals surface area contributed by atoms with Crippen molar-refractivity contribution in [1.82, 2.24) is 0 Å². The van der Waals surface area contributed by atoms with Crippen LogP contribution < -0.4 is 0 Å². The van der Waals surface area contributed by atoms with E-state index in [9.17, 15) is 19.2 Å². The molecule has 3 rings (SSSR count). The number of esters is 4. The van der Waals surface area contributed by atoms with Crippen LogP contribution in [0.25, 0.3) is 0 Å². The first-order valence-corrected chi connectivity index (χ1v) is 8.99. The maximum atomic E-state index is 12.4. The largest absolute Gasteiger partial charge is 0.442 e. The molecule has 29 heavy (non-hydrogen) atoms. The van der Waals surface area contributed by atoms with Gasteiger partial charge in [-0.05, 0) is 74.2 Å². The minimum absolute atomic E-state index is 0.208. The highest BCUT2D eigenvalue weighted by Crippen LogP contribution is 2.21. The van der Waals surface area contributed by atoms with Crippen LogP contribution in [-0.2, 0) is 23.8 Å². The number of hydrogen-bond acceptors (Lipinski definition) is 7. The maximum absolute atomic E-state index is 12.4. The molecule has 1 saturated heterocycles. The summed E-state index contributed by atoms with van der Waals surface area (Å²) in [6.07, 6.45) is -3.32. The summed E-state index contributed by atoms with van der Waals surface area (Å²) in [5.74, 6) is -3.80. The summed E-state index contributed by atoms with van der Waals surface area (Å²) in [5.41, 5.74) is 4.11. The van der Waals surface area contributed by atoms with Gasteiger partial charge in [0.25, 0.3) is 0 Å². The van der Waals surface area contributed by atoms with Crippen molar-refractivity contribution in [3.8, 4) is 0 Å². The van der Waals surface area contributed by atoms with E-state index in [-0.39, 0.29) is 11.1 Å². The summed E-state index contributed by atoms with van der Waals surface area (Å²) >= 11 is 0. The van der Waals surface area contributed by atoms with Crippen molar-refractivity contribution in [1.29, 1.82) is 0 Å². The van der Waals surface area contributed by atoms with Gasteiger partial charge >= 0.3 is 23.9 Å². The number of cyclic esters (lactones) is 2. The zero-order chi connectivity index (χ0) is 21.3. The molecule has 1 fully saturated rings. The summed E-state index contributed by atoms with van der Waals surface area (Å²) in [7, 11) is 0. The van der Waals surface area contributed by atoms with Crippen LogP contribution in [0.15, 0.2) is 36.4 Å². The van der Waals surface area contributed by atoms with Crippen LogP contribution in [0.2, 0.25) is 0 Å². The Bertz CT molecular complexity index is 940. The van der Waals surface area contributed by atoms with Crippen molar-refractivity contribution in [2.24, 2.45) is 0 Å². The van der Waals surface area contributed by atoms with E-state index in [0.29, 0.717) is 0 Å². The first-order valence-electron chi connectivity index (χ1n) is 8.99. The van der Waals surface area contributed by atoms with Crippen molar-refractivity contribution in [2.75, 3.05) is 0 Å². The molecule has 2 aromatic rings. The zero-order valence-corrected chi connectivity index (χ0v) is 16.5. The monoisotopic (exact) mass is 396 g/mol. The van der Waals surface area contributed by atoms with Crippen molar-refractivity contribution in [3.63, 3.8) is 0 Å². The lowest BCUT2D eigenvalue weighted by Gasteiger charge is -2.16. The Morgan fingerprint density at radius 2 is 1.07 bits per heavy atom. The third-order valence-electron chi connectivity index (χ3n) is 4.89. The van der Waals surface area contributed by atoms with Crippen LogP contribution in [0.1, 0.15) is 43.0 Å². The van der Waals surface area contributed by atoms with Crippen LogP contribution >= 0.6 is 0 Å². The molecule has 7 heteroatoms. The summed E-state index contributed by atoms with van der Waals surface area (Å²) in [5, 5.41) is 0. The van der Waals surface area contributed by atoms with E-state index in [4.69, 9.17) is 9.47 Å². The molecule has 0 unspecified atom stereocenters. The molecule has 7 nitrogen and oxygen atoms in total. The smallest absolute Gasteiger partial charge is 0.359 e. The normalized spacial score (nSPS) is 18.3. The second kappa shape index (κ2) is 7.87. The lowest BCUT2D eigenvalue weighted by atomic mass is 10.1. The molecular weight excluding hydrogens is 376 g/mol. The van der Waals surface area contributed by atoms with E-state index in [1.54, 1.807) is 36.4 Å². The fourth-order valence-electron chi connectivity index (χ4n) is 2.79. The number of carbonyl (C=O) groups is 4. The average molecular weight is 396 g/mol. The Balaban J connectivity index is 1.78. The maximum Gasteiger partial charge on any atom is 0.359 e. The SMILES string of the molecule is Cc1ccc(C(=O)O[C@H]2C(=O)OC(=O)[C@@H]2OC(=O)c2ccc(C)c(C)c2)cc1C. The number of carbonyl (C=O) groups excluding carboxylic acids is 4. The number of ether oxygens (including phenoxy) is 3. The Hall–Kier alpha value is -3.48. The van der Waals surface area contributed by atoms with Gasteiger partial charge in [0.1, 0.15) is 0 Å². The summed E-state index contributed by atoms with van der Waals surface area (Å²) in [6, 6.07) is 9.78. The molecule has 1 aliphatic rings. The van der Waals surface area contributed by atoms with Crippen LogP contribution in [0.4, 0.5) is 0 Å². The third-order valence-corrected chi connectivity index (χ3v) is 4.89. The van der Waals surface area contributed by atoms with Gasteiger partial charge in [-0.3, -0.25) is 0 Å². The minimum atomic E-state index is -1.66. The molecule has 1 aliphatic heterocycles. The molecule has 0 amide bonds. The van der Waals surface area contributed by atoms with Gasteiger partial charge in [-0.15, -0.1) is 0 Å². The van der Waals surface area contributed by atoms with E-state index < -0.39 is 36.1 Å².